The van der Waals surface area contributed by atoms with E-state index in [2.05, 4.69) is 5.32 Å². The van der Waals surface area contributed by atoms with E-state index < -0.39 is 64.8 Å². The predicted molar refractivity (Wildman–Crippen MR) is 154 cm³/mol. The fraction of sp³-hybridized carbons (Fsp3) is 0.129. The van der Waals surface area contributed by atoms with Gasteiger partial charge in [-0.3, -0.25) is 9.36 Å². The number of aromatic nitrogens is 2. The van der Waals surface area contributed by atoms with Gasteiger partial charge in [-0.15, -0.1) is 0 Å². The number of carbonyl (C=O) groups is 1. The van der Waals surface area contributed by atoms with Crippen LogP contribution in [-0.2, 0) is 12.3 Å². The van der Waals surface area contributed by atoms with Crippen LogP contribution in [0.1, 0.15) is 39.2 Å². The van der Waals surface area contributed by atoms with Crippen molar-refractivity contribution in [3.8, 4) is 0 Å². The topological polar surface area (TPSA) is 88.6 Å². The second-order valence-electron chi connectivity index (χ2n) is 9.93. The monoisotopic (exact) mass is 626 g/mol. The number of aliphatic imine (C=N–C) groups is 1. The average molecular weight is 627 g/mol. The second-order valence-corrected chi connectivity index (χ2v) is 10.3. The van der Waals surface area contributed by atoms with E-state index in [9.17, 15) is 36.6 Å². The van der Waals surface area contributed by atoms with Gasteiger partial charge in [-0.1, -0.05) is 72.3 Å². The Labute approximate surface area is 250 Å². The molecule has 1 atom stereocenters. The van der Waals surface area contributed by atoms with Crippen LogP contribution in [0.25, 0.3) is 11.0 Å². The molecule has 0 saturated heterocycles. The zero-order valence-corrected chi connectivity index (χ0v) is 23.1. The summed E-state index contributed by atoms with van der Waals surface area (Å²) >= 11 is 6.34. The molecule has 1 amide bonds. The molecule has 0 bridgehead atoms. The van der Waals surface area contributed by atoms with Gasteiger partial charge >= 0.3 is 12.2 Å². The van der Waals surface area contributed by atoms with Crippen molar-refractivity contribution in [1.82, 2.24) is 14.5 Å². The molecule has 0 fully saturated rings. The Morgan fingerprint density at radius 3 is 2.11 bits per heavy atom. The minimum Gasteiger partial charge on any atom is -0.363 e. The van der Waals surface area contributed by atoms with Gasteiger partial charge in [0.1, 0.15) is 5.82 Å². The molecule has 7 nitrogen and oxygen atoms in total. The summed E-state index contributed by atoms with van der Waals surface area (Å²) < 4.78 is 70.7. The van der Waals surface area contributed by atoms with Gasteiger partial charge in [0.05, 0.1) is 34.5 Å². The molecule has 44 heavy (non-hydrogen) atoms. The number of fused-ring (bicyclic) bond motifs is 3. The van der Waals surface area contributed by atoms with Gasteiger partial charge < -0.3 is 10.4 Å². The number of rotatable bonds is 7. The number of benzene rings is 4. The molecule has 224 valence electrons. The number of carbonyl (C=O) groups excluding carboxylic acids is 1. The van der Waals surface area contributed by atoms with Crippen molar-refractivity contribution < 1.29 is 31.9 Å². The largest absolute Gasteiger partial charge is 0.363 e. The zero-order chi connectivity index (χ0) is 31.3. The Balaban J connectivity index is 1.80. The Morgan fingerprint density at radius 1 is 0.932 bits per heavy atom. The molecular weight excluding hydrogens is 607 g/mol. The van der Waals surface area contributed by atoms with Crippen LogP contribution in [0.4, 0.5) is 27.6 Å². The van der Waals surface area contributed by atoms with Crippen LogP contribution in [-0.4, -0.2) is 32.3 Å². The number of nitrogens with zero attached hydrogens (tertiary/aromatic N) is 3. The van der Waals surface area contributed by atoms with Gasteiger partial charge in [0.2, 0.25) is 0 Å². The lowest BCUT2D eigenvalue weighted by molar-refractivity contribution is 0.0478. The van der Waals surface area contributed by atoms with Crippen LogP contribution < -0.4 is 11.0 Å². The van der Waals surface area contributed by atoms with E-state index in [1.165, 1.54) is 0 Å². The zero-order valence-electron chi connectivity index (χ0n) is 22.3. The minimum absolute atomic E-state index is 0.0994. The van der Waals surface area contributed by atoms with Crippen molar-refractivity contribution in [1.29, 1.82) is 0 Å². The quantitative estimate of drug-likeness (QED) is 0.163. The molecule has 0 saturated carbocycles. The van der Waals surface area contributed by atoms with E-state index in [-0.39, 0.29) is 26.6 Å². The number of hydrogen-bond donors (Lipinski definition) is 2. The average Bonchev–Trinajstić information content (AvgIpc) is 3.43. The summed E-state index contributed by atoms with van der Waals surface area (Å²) in [5.74, 6) is -1.98. The lowest BCUT2D eigenvalue weighted by Gasteiger charge is -2.27. The summed E-state index contributed by atoms with van der Waals surface area (Å²) in [5.41, 5.74) is -5.52. The predicted octanol–water partition coefficient (Wildman–Crippen LogP) is 6.36. The highest BCUT2D eigenvalue weighted by Gasteiger charge is 2.49. The maximum atomic E-state index is 14.5. The summed E-state index contributed by atoms with van der Waals surface area (Å²) in [4.78, 5) is 31.4. The van der Waals surface area contributed by atoms with Crippen molar-refractivity contribution in [2.75, 3.05) is 0 Å². The number of imidazole rings is 1. The molecule has 4 aromatic carbocycles. The van der Waals surface area contributed by atoms with Gasteiger partial charge in [-0.05, 0) is 24.3 Å². The Bertz CT molecular complexity index is 1970. The smallest absolute Gasteiger partial charge is 0.333 e. The number of alkyl halides is 4. The molecule has 1 aliphatic heterocycles. The molecule has 6 rings (SSSR count). The minimum atomic E-state index is -3.55. The first-order chi connectivity index (χ1) is 21.0. The summed E-state index contributed by atoms with van der Waals surface area (Å²) in [6.07, 6.45) is -3.12. The third kappa shape index (κ3) is 4.76. The van der Waals surface area contributed by atoms with Crippen LogP contribution in [0.2, 0.25) is 5.02 Å². The molecule has 5 aromatic rings. The SMILES string of the molecule is O=C1NC(O)(c2cc(F)ccc2Cl)c2c(N=C(c3ccccc3)c3ccccc3)cc3c(c21)n(C(F)F)c(=O)n3CC(F)F. The van der Waals surface area contributed by atoms with Crippen molar-refractivity contribution in [3.05, 3.63) is 134 Å². The van der Waals surface area contributed by atoms with Crippen LogP contribution in [0.3, 0.4) is 0 Å². The van der Waals surface area contributed by atoms with Crippen molar-refractivity contribution in [3.63, 3.8) is 0 Å². The van der Waals surface area contributed by atoms with E-state index >= 15 is 0 Å². The third-order valence-corrected chi connectivity index (χ3v) is 7.60. The molecule has 13 heteroatoms. The first-order valence-corrected chi connectivity index (χ1v) is 13.5. The van der Waals surface area contributed by atoms with Crippen LogP contribution in [0.5, 0.6) is 0 Å². The Kier molecular flexibility index (Phi) is 7.34. The van der Waals surface area contributed by atoms with Crippen molar-refractivity contribution >= 4 is 39.9 Å². The molecule has 0 radical (unpaired) electrons. The lowest BCUT2D eigenvalue weighted by atomic mass is 9.91. The van der Waals surface area contributed by atoms with E-state index in [1.54, 1.807) is 60.7 Å². The van der Waals surface area contributed by atoms with E-state index in [4.69, 9.17) is 16.6 Å². The summed E-state index contributed by atoms with van der Waals surface area (Å²) in [6, 6.07) is 21.4. The molecule has 0 aliphatic carbocycles. The van der Waals surface area contributed by atoms with E-state index in [0.717, 1.165) is 24.3 Å². The van der Waals surface area contributed by atoms with Crippen molar-refractivity contribution in [2.24, 2.45) is 4.99 Å². The summed E-state index contributed by atoms with van der Waals surface area (Å²) in [6.45, 7) is -4.81. The van der Waals surface area contributed by atoms with Gasteiger partial charge in [0.25, 0.3) is 12.3 Å². The summed E-state index contributed by atoms with van der Waals surface area (Å²) in [5, 5.41) is 14.2. The second kappa shape index (κ2) is 11.0. The maximum Gasteiger partial charge on any atom is 0.333 e. The highest BCUT2D eigenvalue weighted by Crippen LogP contribution is 2.47. The Morgan fingerprint density at radius 2 is 1.55 bits per heavy atom. The van der Waals surface area contributed by atoms with Crippen LogP contribution in [0.15, 0.2) is 94.7 Å². The van der Waals surface area contributed by atoms with Gasteiger partial charge in [0.15, 0.2) is 5.72 Å². The van der Waals surface area contributed by atoms with E-state index in [0.29, 0.717) is 15.7 Å². The molecule has 2 heterocycles. The van der Waals surface area contributed by atoms with Gasteiger partial charge in [0, 0.05) is 27.3 Å². The molecule has 2 N–H and O–H groups in total. The highest BCUT2D eigenvalue weighted by atomic mass is 35.5. The maximum absolute atomic E-state index is 14.5. The number of hydrogen-bond acceptors (Lipinski definition) is 4. The van der Waals surface area contributed by atoms with Crippen LogP contribution >= 0.6 is 11.6 Å². The number of nitrogens with one attached hydrogen (secondary N) is 1. The molecule has 1 aromatic heterocycles. The summed E-state index contributed by atoms with van der Waals surface area (Å²) in [7, 11) is 0. The van der Waals surface area contributed by atoms with Gasteiger partial charge in [-0.25, -0.2) is 27.5 Å². The number of amides is 1. The molecular formula is C31H20ClF5N4O3. The van der Waals surface area contributed by atoms with Crippen LogP contribution in [0, 0.1) is 5.82 Å². The standard InChI is InChI=1S/C31H20ClF5N4O3/c32-20-12-11-18(33)13-19(20)31(44)25-21(38-26(16-7-3-1-4-8-16)17-9-5-2-6-10-17)14-22-27(24(25)28(42)39-31)41(29(36)37)30(43)40(22)15-23(34)35/h1-14,23,29,44H,15H2,(H,39,42). The lowest BCUT2D eigenvalue weighted by Crippen LogP contribution is -2.40. The van der Waals surface area contributed by atoms with Crippen molar-refractivity contribution in [2.45, 2.75) is 25.2 Å². The Hall–Kier alpha value is -4.81. The normalized spacial score (nSPS) is 16.1. The highest BCUT2D eigenvalue weighted by molar-refractivity contribution is 6.31. The fourth-order valence-corrected chi connectivity index (χ4v) is 5.72. The first kappa shape index (κ1) is 29.3. The first-order valence-electron chi connectivity index (χ1n) is 13.1. The molecule has 1 unspecified atom stereocenters. The molecule has 1 aliphatic rings. The number of aliphatic hydroxyl groups is 1. The fourth-order valence-electron chi connectivity index (χ4n) is 5.47. The molecule has 0 spiro atoms. The third-order valence-electron chi connectivity index (χ3n) is 7.27. The number of halogens is 6. The van der Waals surface area contributed by atoms with E-state index in [1.807, 2.05) is 0 Å². The van der Waals surface area contributed by atoms with Gasteiger partial charge in [-0.2, -0.15) is 8.78 Å².